The van der Waals surface area contributed by atoms with Crippen molar-refractivity contribution in [2.45, 2.75) is 13.0 Å². The van der Waals surface area contributed by atoms with Crippen LogP contribution in [0.25, 0.3) is 0 Å². The highest BCUT2D eigenvalue weighted by atomic mass is 35.5. The maximum atomic E-state index is 12.0. The van der Waals surface area contributed by atoms with E-state index in [-0.39, 0.29) is 0 Å². The fourth-order valence-electron chi connectivity index (χ4n) is 2.47. The van der Waals surface area contributed by atoms with E-state index in [0.29, 0.717) is 41.7 Å². The molecule has 124 valence electrons. The van der Waals surface area contributed by atoms with Gasteiger partial charge < -0.3 is 10.1 Å². The van der Waals surface area contributed by atoms with Crippen LogP contribution < -0.4 is 5.32 Å². The lowest BCUT2D eigenvalue weighted by Gasteiger charge is -2.09. The van der Waals surface area contributed by atoms with Gasteiger partial charge in [0.25, 0.3) is 0 Å². The number of ether oxygens (including phenoxy) is 1. The van der Waals surface area contributed by atoms with Crippen LogP contribution >= 0.6 is 23.2 Å². The van der Waals surface area contributed by atoms with E-state index in [1.54, 1.807) is 12.1 Å². The third-order valence-corrected chi connectivity index (χ3v) is 4.23. The standard InChI is InChI=1S/C18H16Cl2N2O2/c19-13-6-7-15(16(20)10-13)18(23)24-9-3-8-21-17-14-5-2-1-4-12(14)11-22-17/h1-2,4-7,10H,3,8-9,11H2,(H,21,22). The number of carbonyl (C=O) groups is 1. The van der Waals surface area contributed by atoms with Crippen LogP contribution in [0.2, 0.25) is 10.0 Å². The molecule has 2 aromatic carbocycles. The lowest BCUT2D eigenvalue weighted by Crippen LogP contribution is -2.25. The molecule has 1 aliphatic heterocycles. The molecule has 0 aromatic heterocycles. The number of aliphatic imine (C=N–C) groups is 1. The molecule has 0 aliphatic carbocycles. The van der Waals surface area contributed by atoms with E-state index in [0.717, 1.165) is 11.4 Å². The first kappa shape index (κ1) is 16.8. The van der Waals surface area contributed by atoms with Crippen LogP contribution in [-0.2, 0) is 11.3 Å². The van der Waals surface area contributed by atoms with E-state index in [1.807, 2.05) is 12.1 Å². The second-order valence-corrected chi connectivity index (χ2v) is 6.21. The average Bonchev–Trinajstić information content (AvgIpc) is 2.97. The molecule has 0 fully saturated rings. The van der Waals surface area contributed by atoms with Gasteiger partial charge in [-0.25, -0.2) is 4.79 Å². The van der Waals surface area contributed by atoms with Gasteiger partial charge in [-0.2, -0.15) is 0 Å². The van der Waals surface area contributed by atoms with E-state index in [1.165, 1.54) is 11.6 Å². The Labute approximate surface area is 150 Å². The zero-order valence-corrected chi connectivity index (χ0v) is 14.4. The summed E-state index contributed by atoms with van der Waals surface area (Å²) in [5.41, 5.74) is 2.69. The molecule has 0 saturated heterocycles. The molecule has 0 spiro atoms. The monoisotopic (exact) mass is 362 g/mol. The van der Waals surface area contributed by atoms with E-state index < -0.39 is 5.97 Å². The van der Waals surface area contributed by atoms with E-state index in [9.17, 15) is 4.79 Å². The van der Waals surface area contributed by atoms with Gasteiger partial charge >= 0.3 is 5.97 Å². The van der Waals surface area contributed by atoms with Crippen molar-refractivity contribution in [1.29, 1.82) is 0 Å². The molecule has 2 aromatic rings. The Morgan fingerprint density at radius 1 is 1.21 bits per heavy atom. The van der Waals surface area contributed by atoms with Gasteiger partial charge in [-0.3, -0.25) is 4.99 Å². The Morgan fingerprint density at radius 3 is 2.88 bits per heavy atom. The number of nitrogens with zero attached hydrogens (tertiary/aromatic N) is 1. The topological polar surface area (TPSA) is 50.7 Å². The molecule has 0 bridgehead atoms. The van der Waals surface area contributed by atoms with Crippen LogP contribution in [-0.4, -0.2) is 25.0 Å². The molecular weight excluding hydrogens is 347 g/mol. The van der Waals surface area contributed by atoms with Crippen LogP contribution in [0.5, 0.6) is 0 Å². The Morgan fingerprint density at radius 2 is 2.04 bits per heavy atom. The van der Waals surface area contributed by atoms with Crippen LogP contribution in [0.1, 0.15) is 27.9 Å². The summed E-state index contributed by atoms with van der Waals surface area (Å²) >= 11 is 11.8. The fraction of sp³-hybridized carbons (Fsp3) is 0.222. The lowest BCUT2D eigenvalue weighted by atomic mass is 10.1. The van der Waals surface area contributed by atoms with Gasteiger partial charge in [0, 0.05) is 17.1 Å². The number of nitrogens with one attached hydrogen (secondary N) is 1. The molecule has 0 atom stereocenters. The Hall–Kier alpha value is -2.04. The number of halogens is 2. The molecule has 24 heavy (non-hydrogen) atoms. The number of hydrogen-bond donors (Lipinski definition) is 1. The summed E-state index contributed by atoms with van der Waals surface area (Å²) in [6.45, 7) is 1.69. The van der Waals surface area contributed by atoms with Crippen molar-refractivity contribution in [3.05, 3.63) is 69.2 Å². The highest BCUT2D eigenvalue weighted by Crippen LogP contribution is 2.21. The SMILES string of the molecule is O=C(OCCCNC1=NCc2ccccc21)c1ccc(Cl)cc1Cl. The van der Waals surface area contributed by atoms with Crippen molar-refractivity contribution in [2.75, 3.05) is 13.2 Å². The number of benzene rings is 2. The van der Waals surface area contributed by atoms with Gasteiger partial charge in [0.15, 0.2) is 0 Å². The third-order valence-electron chi connectivity index (χ3n) is 3.68. The average molecular weight is 363 g/mol. The van der Waals surface area contributed by atoms with Crippen molar-refractivity contribution >= 4 is 35.0 Å². The molecule has 6 heteroatoms. The first-order valence-electron chi connectivity index (χ1n) is 7.64. The molecule has 0 amide bonds. The van der Waals surface area contributed by atoms with Crippen molar-refractivity contribution in [3.8, 4) is 0 Å². The summed E-state index contributed by atoms with van der Waals surface area (Å²) in [6.07, 6.45) is 0.679. The van der Waals surface area contributed by atoms with Gasteiger partial charge in [0.1, 0.15) is 5.84 Å². The molecule has 4 nitrogen and oxygen atoms in total. The summed E-state index contributed by atoms with van der Waals surface area (Å²) in [5.74, 6) is 0.456. The number of rotatable bonds is 5. The van der Waals surface area contributed by atoms with Crippen LogP contribution in [0, 0.1) is 0 Å². The second-order valence-electron chi connectivity index (χ2n) is 5.36. The number of hydrogen-bond acceptors (Lipinski definition) is 4. The van der Waals surface area contributed by atoms with E-state index >= 15 is 0 Å². The highest BCUT2D eigenvalue weighted by Gasteiger charge is 2.14. The molecule has 1 aliphatic rings. The Bertz CT molecular complexity index is 790. The molecule has 0 unspecified atom stereocenters. The Balaban J connectivity index is 1.42. The minimum Gasteiger partial charge on any atom is -0.462 e. The fourth-order valence-corrected chi connectivity index (χ4v) is 2.95. The van der Waals surface area contributed by atoms with Crippen LogP contribution in [0.3, 0.4) is 0 Å². The van der Waals surface area contributed by atoms with E-state index in [4.69, 9.17) is 27.9 Å². The lowest BCUT2D eigenvalue weighted by molar-refractivity contribution is 0.0502. The van der Waals surface area contributed by atoms with Crippen molar-refractivity contribution < 1.29 is 9.53 Å². The van der Waals surface area contributed by atoms with Gasteiger partial charge in [0.05, 0.1) is 23.7 Å². The maximum Gasteiger partial charge on any atom is 0.339 e. The first-order chi connectivity index (χ1) is 11.6. The van der Waals surface area contributed by atoms with Crippen LogP contribution in [0.15, 0.2) is 47.5 Å². The minimum absolute atomic E-state index is 0.294. The van der Waals surface area contributed by atoms with E-state index in [2.05, 4.69) is 22.4 Å². The van der Waals surface area contributed by atoms with Gasteiger partial charge in [-0.1, -0.05) is 47.5 Å². The van der Waals surface area contributed by atoms with Gasteiger partial charge in [-0.05, 0) is 30.2 Å². The number of esters is 1. The molecule has 3 rings (SSSR count). The molecule has 1 N–H and O–H groups in total. The zero-order chi connectivity index (χ0) is 16.9. The van der Waals surface area contributed by atoms with Crippen LogP contribution in [0.4, 0.5) is 0 Å². The largest absolute Gasteiger partial charge is 0.462 e. The molecule has 1 heterocycles. The minimum atomic E-state index is -0.444. The van der Waals surface area contributed by atoms with Crippen molar-refractivity contribution in [3.63, 3.8) is 0 Å². The summed E-state index contributed by atoms with van der Waals surface area (Å²) in [4.78, 5) is 16.4. The molecule has 0 radical (unpaired) electrons. The smallest absolute Gasteiger partial charge is 0.339 e. The molecular formula is C18H16Cl2N2O2. The highest BCUT2D eigenvalue weighted by molar-refractivity contribution is 6.36. The van der Waals surface area contributed by atoms with Gasteiger partial charge in [0.2, 0.25) is 0 Å². The number of fused-ring (bicyclic) bond motifs is 1. The number of carbonyl (C=O) groups excluding carboxylic acids is 1. The summed E-state index contributed by atoms with van der Waals surface area (Å²) in [6, 6.07) is 12.8. The predicted octanol–water partition coefficient (Wildman–Crippen LogP) is 4.09. The second kappa shape index (κ2) is 7.69. The summed E-state index contributed by atoms with van der Waals surface area (Å²) < 4.78 is 5.24. The van der Waals surface area contributed by atoms with Crippen molar-refractivity contribution in [2.24, 2.45) is 4.99 Å². The summed E-state index contributed by atoms with van der Waals surface area (Å²) in [5, 5.41) is 4.06. The van der Waals surface area contributed by atoms with Gasteiger partial charge in [-0.15, -0.1) is 0 Å². The predicted molar refractivity (Wildman–Crippen MR) is 96.0 cm³/mol. The molecule has 0 saturated carbocycles. The first-order valence-corrected chi connectivity index (χ1v) is 8.39. The third kappa shape index (κ3) is 3.89. The van der Waals surface area contributed by atoms with Crippen molar-refractivity contribution in [1.82, 2.24) is 5.32 Å². The zero-order valence-electron chi connectivity index (χ0n) is 12.9. The maximum absolute atomic E-state index is 12.0. The normalized spacial score (nSPS) is 12.5. The Kier molecular flexibility index (Phi) is 5.38. The quantitative estimate of drug-likeness (QED) is 0.643. The summed E-state index contributed by atoms with van der Waals surface area (Å²) in [7, 11) is 0. The number of amidine groups is 1.